The largest absolute Gasteiger partial charge is 0.465 e. The lowest BCUT2D eigenvalue weighted by molar-refractivity contribution is 0.0600. The third-order valence-corrected chi connectivity index (χ3v) is 5.51. The molecule has 3 rings (SSSR count). The molecular weight excluding hydrogens is 404 g/mol. The van der Waals surface area contributed by atoms with Crippen molar-refractivity contribution in [1.29, 1.82) is 0 Å². The zero-order chi connectivity index (χ0) is 21.5. The Balaban J connectivity index is 1.79. The molecular formula is C21H22N4O4S. The van der Waals surface area contributed by atoms with Crippen LogP contribution in [0.1, 0.15) is 43.3 Å². The highest BCUT2D eigenvalue weighted by Gasteiger charge is 2.21. The molecule has 156 valence electrons. The number of esters is 1. The first kappa shape index (κ1) is 21.4. The molecule has 1 unspecified atom stereocenters. The van der Waals surface area contributed by atoms with E-state index in [1.807, 2.05) is 0 Å². The third kappa shape index (κ3) is 5.59. The van der Waals surface area contributed by atoms with E-state index in [9.17, 15) is 14.4 Å². The van der Waals surface area contributed by atoms with E-state index in [-0.39, 0.29) is 11.9 Å². The number of piperidine rings is 1. The molecule has 1 aliphatic heterocycles. The van der Waals surface area contributed by atoms with Gasteiger partial charge in [0.25, 0.3) is 5.91 Å². The standard InChI is InChI=1S/C21H22N4O4S/c1-29-20(27)14-7-4-13(5-8-14)6-9-16-11-17(25-21(22)28)18(30-16)19(26)24-15-3-2-10-23-12-15/h4-5,7-8,11,15,23H,2-3,10,12H2,1H3,(H,24,26)(H3,22,25,28). The van der Waals surface area contributed by atoms with Gasteiger partial charge >= 0.3 is 12.0 Å². The number of nitrogens with one attached hydrogen (secondary N) is 3. The molecule has 1 saturated heterocycles. The van der Waals surface area contributed by atoms with Gasteiger partial charge < -0.3 is 26.4 Å². The lowest BCUT2D eigenvalue weighted by Crippen LogP contribution is -2.45. The van der Waals surface area contributed by atoms with Gasteiger partial charge in [-0.05, 0) is 49.7 Å². The van der Waals surface area contributed by atoms with Crippen LogP contribution in [0, 0.1) is 11.8 Å². The summed E-state index contributed by atoms with van der Waals surface area (Å²) in [6.45, 7) is 1.66. The highest BCUT2D eigenvalue weighted by atomic mass is 32.1. The summed E-state index contributed by atoms with van der Waals surface area (Å²) < 4.78 is 4.67. The molecule has 0 saturated carbocycles. The van der Waals surface area contributed by atoms with Crippen LogP contribution in [0.5, 0.6) is 0 Å². The number of urea groups is 1. The predicted molar refractivity (Wildman–Crippen MR) is 115 cm³/mol. The van der Waals surface area contributed by atoms with E-state index in [1.54, 1.807) is 30.3 Å². The van der Waals surface area contributed by atoms with Crippen molar-refractivity contribution < 1.29 is 19.1 Å². The summed E-state index contributed by atoms with van der Waals surface area (Å²) >= 11 is 1.18. The first-order valence-corrected chi connectivity index (χ1v) is 10.2. The van der Waals surface area contributed by atoms with E-state index < -0.39 is 12.0 Å². The minimum Gasteiger partial charge on any atom is -0.465 e. The maximum absolute atomic E-state index is 12.7. The molecule has 3 amide bonds. The number of methoxy groups -OCH3 is 1. The summed E-state index contributed by atoms with van der Waals surface area (Å²) in [7, 11) is 1.32. The van der Waals surface area contributed by atoms with E-state index >= 15 is 0 Å². The summed E-state index contributed by atoms with van der Waals surface area (Å²) in [5.74, 6) is 5.28. The second kappa shape index (κ2) is 9.91. The first-order valence-electron chi connectivity index (χ1n) is 9.38. The minimum absolute atomic E-state index is 0.0395. The lowest BCUT2D eigenvalue weighted by Gasteiger charge is -2.23. The minimum atomic E-state index is -0.751. The van der Waals surface area contributed by atoms with E-state index in [1.165, 1.54) is 18.4 Å². The average Bonchev–Trinajstić information content (AvgIpc) is 3.15. The fourth-order valence-electron chi connectivity index (χ4n) is 3.01. The van der Waals surface area contributed by atoms with E-state index in [2.05, 4.69) is 32.5 Å². The monoisotopic (exact) mass is 426 g/mol. The number of hydrogen-bond donors (Lipinski definition) is 4. The van der Waals surface area contributed by atoms with Crippen LogP contribution >= 0.6 is 11.3 Å². The van der Waals surface area contributed by atoms with Crippen LogP contribution in [0.25, 0.3) is 0 Å². The van der Waals surface area contributed by atoms with Crippen LogP contribution in [0.2, 0.25) is 0 Å². The van der Waals surface area contributed by atoms with Crippen LogP contribution < -0.4 is 21.7 Å². The summed E-state index contributed by atoms with van der Waals surface area (Å²) in [5.41, 5.74) is 6.70. The second-order valence-electron chi connectivity index (χ2n) is 6.68. The van der Waals surface area contributed by atoms with Gasteiger partial charge in [0.05, 0.1) is 23.2 Å². The topological polar surface area (TPSA) is 123 Å². The molecule has 0 bridgehead atoms. The second-order valence-corrected chi connectivity index (χ2v) is 7.73. The summed E-state index contributed by atoms with van der Waals surface area (Å²) in [4.78, 5) is 36.5. The van der Waals surface area contributed by atoms with Crippen molar-refractivity contribution in [2.24, 2.45) is 5.73 Å². The zero-order valence-corrected chi connectivity index (χ0v) is 17.2. The third-order valence-electron chi connectivity index (χ3n) is 4.46. The molecule has 0 radical (unpaired) electrons. The Hall–Kier alpha value is -3.35. The van der Waals surface area contributed by atoms with Crippen LogP contribution in [0.4, 0.5) is 10.5 Å². The number of nitrogens with two attached hydrogens (primary N) is 1. The van der Waals surface area contributed by atoms with Gasteiger partial charge in [0.2, 0.25) is 0 Å². The summed E-state index contributed by atoms with van der Waals surface area (Å²) in [6.07, 6.45) is 1.89. The maximum atomic E-state index is 12.7. The van der Waals surface area contributed by atoms with Gasteiger partial charge in [-0.2, -0.15) is 0 Å². The predicted octanol–water partition coefficient (Wildman–Crippen LogP) is 1.91. The Morgan fingerprint density at radius 3 is 2.63 bits per heavy atom. The number of benzene rings is 1. The molecule has 1 aromatic heterocycles. The van der Waals surface area contributed by atoms with Crippen LogP contribution in [0.15, 0.2) is 30.3 Å². The smallest absolute Gasteiger partial charge is 0.337 e. The fraction of sp³-hybridized carbons (Fsp3) is 0.286. The Labute approximate surface area is 178 Å². The fourth-order valence-corrected chi connectivity index (χ4v) is 3.88. The number of amides is 3. The summed E-state index contributed by atoms with van der Waals surface area (Å²) in [6, 6.07) is 7.58. The molecule has 1 fully saturated rings. The number of carbonyl (C=O) groups excluding carboxylic acids is 3. The highest BCUT2D eigenvalue weighted by Crippen LogP contribution is 2.27. The number of hydrogen-bond acceptors (Lipinski definition) is 6. The quantitative estimate of drug-likeness (QED) is 0.439. The molecule has 1 aromatic carbocycles. The van der Waals surface area contributed by atoms with Crippen LogP contribution in [-0.2, 0) is 4.74 Å². The number of rotatable bonds is 4. The van der Waals surface area contributed by atoms with Gasteiger partial charge in [-0.3, -0.25) is 4.79 Å². The Morgan fingerprint density at radius 1 is 1.23 bits per heavy atom. The Morgan fingerprint density at radius 2 is 2.00 bits per heavy atom. The van der Waals surface area contributed by atoms with Gasteiger partial charge in [0.1, 0.15) is 4.88 Å². The van der Waals surface area contributed by atoms with E-state index in [0.29, 0.717) is 33.1 Å². The van der Waals surface area contributed by atoms with Crippen molar-refractivity contribution in [2.75, 3.05) is 25.5 Å². The van der Waals surface area contributed by atoms with E-state index in [4.69, 9.17) is 5.73 Å². The van der Waals surface area contributed by atoms with Crippen molar-refractivity contribution >= 4 is 34.9 Å². The number of ether oxygens (including phenoxy) is 1. The first-order chi connectivity index (χ1) is 14.5. The zero-order valence-electron chi connectivity index (χ0n) is 16.4. The molecule has 9 heteroatoms. The normalized spacial score (nSPS) is 15.4. The molecule has 1 aliphatic rings. The van der Waals surface area contributed by atoms with Crippen molar-refractivity contribution in [2.45, 2.75) is 18.9 Å². The van der Waals surface area contributed by atoms with Gasteiger partial charge in [-0.1, -0.05) is 11.8 Å². The molecule has 8 nitrogen and oxygen atoms in total. The maximum Gasteiger partial charge on any atom is 0.337 e. The molecule has 2 aromatic rings. The van der Waals surface area contributed by atoms with Gasteiger partial charge in [-0.15, -0.1) is 11.3 Å². The molecule has 1 atom stereocenters. The molecule has 30 heavy (non-hydrogen) atoms. The van der Waals surface area contributed by atoms with Crippen molar-refractivity contribution in [3.05, 3.63) is 51.2 Å². The van der Waals surface area contributed by atoms with Gasteiger partial charge in [-0.25, -0.2) is 9.59 Å². The SMILES string of the molecule is COC(=O)c1ccc(C#Cc2cc(NC(N)=O)c(C(=O)NC3CCCNC3)s2)cc1. The van der Waals surface area contributed by atoms with Crippen molar-refractivity contribution in [3.63, 3.8) is 0 Å². The summed E-state index contributed by atoms with van der Waals surface area (Å²) in [5, 5.41) is 8.72. The number of thiophene rings is 1. The molecule has 0 spiro atoms. The van der Waals surface area contributed by atoms with Crippen molar-refractivity contribution in [3.8, 4) is 11.8 Å². The molecule has 0 aliphatic carbocycles. The highest BCUT2D eigenvalue weighted by molar-refractivity contribution is 7.15. The number of carbonyl (C=O) groups is 3. The van der Waals surface area contributed by atoms with Crippen LogP contribution in [-0.4, -0.2) is 44.1 Å². The van der Waals surface area contributed by atoms with Crippen molar-refractivity contribution in [1.82, 2.24) is 10.6 Å². The number of primary amides is 1. The Kier molecular flexibility index (Phi) is 7.06. The van der Waals surface area contributed by atoms with Gasteiger partial charge in [0, 0.05) is 18.2 Å². The molecule has 2 heterocycles. The number of anilines is 1. The lowest BCUT2D eigenvalue weighted by atomic mass is 10.1. The average molecular weight is 426 g/mol. The van der Waals surface area contributed by atoms with Crippen LogP contribution in [0.3, 0.4) is 0 Å². The van der Waals surface area contributed by atoms with E-state index in [0.717, 1.165) is 19.4 Å². The molecule has 5 N–H and O–H groups in total. The van der Waals surface area contributed by atoms with Gasteiger partial charge in [0.15, 0.2) is 0 Å². The Bertz CT molecular complexity index is 998.